The van der Waals surface area contributed by atoms with E-state index in [1.54, 1.807) is 32.4 Å². The summed E-state index contributed by atoms with van der Waals surface area (Å²) in [6.45, 7) is 3.59. The Morgan fingerprint density at radius 1 is 1.38 bits per heavy atom. The Hall–Kier alpha value is -2.74. The minimum Gasteiger partial charge on any atom is -0.389 e. The summed E-state index contributed by atoms with van der Waals surface area (Å²) in [5, 5.41) is 18.3. The van der Waals surface area contributed by atoms with Crippen molar-refractivity contribution in [2.24, 2.45) is 0 Å². The molecule has 0 saturated heterocycles. The van der Waals surface area contributed by atoms with E-state index in [2.05, 4.69) is 20.4 Å². The molecule has 0 unspecified atom stereocenters. The topological polar surface area (TPSA) is 106 Å². The molecule has 1 aliphatic carbocycles. The summed E-state index contributed by atoms with van der Waals surface area (Å²) in [5.41, 5.74) is 2.13. The molecule has 1 fully saturated rings. The number of pyridine rings is 1. The van der Waals surface area contributed by atoms with Crippen LogP contribution in [0.2, 0.25) is 0 Å². The molecule has 8 heteroatoms. The van der Waals surface area contributed by atoms with Crippen LogP contribution in [0.1, 0.15) is 47.1 Å². The first kappa shape index (κ1) is 16.7. The number of amides is 1. The lowest BCUT2D eigenvalue weighted by Gasteiger charge is -2.35. The van der Waals surface area contributed by atoms with Crippen LogP contribution >= 0.6 is 0 Å². The fraction of sp³-hybridized carbons (Fsp3) is 0.444. The highest BCUT2D eigenvalue weighted by Gasteiger charge is 2.34. The maximum Gasteiger partial charge on any atom is 0.258 e. The predicted molar refractivity (Wildman–Crippen MR) is 93.7 cm³/mol. The van der Waals surface area contributed by atoms with E-state index >= 15 is 0 Å². The normalized spacial score (nSPS) is 23.3. The van der Waals surface area contributed by atoms with E-state index < -0.39 is 6.10 Å². The molecule has 0 aliphatic heterocycles. The first-order chi connectivity index (χ1) is 12.5. The van der Waals surface area contributed by atoms with E-state index in [9.17, 15) is 9.90 Å². The van der Waals surface area contributed by atoms with Crippen LogP contribution in [0.25, 0.3) is 11.1 Å². The zero-order chi connectivity index (χ0) is 18.3. The third-order valence-electron chi connectivity index (χ3n) is 5.04. The lowest BCUT2D eigenvalue weighted by Crippen LogP contribution is -2.49. The lowest BCUT2D eigenvalue weighted by atomic mass is 9.87. The SMILES string of the molecule is Cc1cc(C(=O)N[C@@H]2CCC[C@@H](n3ccnc3)[C@@H]2O)c2c(C)noc2n1. The maximum absolute atomic E-state index is 12.9. The molecular formula is C18H21N5O3. The highest BCUT2D eigenvalue weighted by Crippen LogP contribution is 2.29. The van der Waals surface area contributed by atoms with Crippen molar-refractivity contribution < 1.29 is 14.4 Å². The number of carbonyl (C=O) groups is 1. The summed E-state index contributed by atoms with van der Waals surface area (Å²) in [5.74, 6) is -0.248. The summed E-state index contributed by atoms with van der Waals surface area (Å²) >= 11 is 0. The number of carbonyl (C=O) groups excluding carboxylic acids is 1. The lowest BCUT2D eigenvalue weighted by molar-refractivity contribution is 0.0399. The molecule has 3 aromatic rings. The van der Waals surface area contributed by atoms with Gasteiger partial charge in [0.15, 0.2) is 0 Å². The van der Waals surface area contributed by atoms with Gasteiger partial charge in [-0.3, -0.25) is 4.79 Å². The van der Waals surface area contributed by atoms with Gasteiger partial charge in [-0.1, -0.05) is 5.16 Å². The number of aliphatic hydroxyl groups excluding tert-OH is 1. The summed E-state index contributed by atoms with van der Waals surface area (Å²) in [6, 6.07) is 1.31. The molecule has 1 saturated carbocycles. The van der Waals surface area contributed by atoms with Crippen LogP contribution in [0.3, 0.4) is 0 Å². The van der Waals surface area contributed by atoms with Gasteiger partial charge in [0.05, 0.1) is 41.2 Å². The summed E-state index contributed by atoms with van der Waals surface area (Å²) in [6.07, 6.45) is 7.07. The Morgan fingerprint density at radius 2 is 2.23 bits per heavy atom. The van der Waals surface area contributed by atoms with Crippen molar-refractivity contribution in [2.45, 2.75) is 51.3 Å². The van der Waals surface area contributed by atoms with E-state index in [0.717, 1.165) is 19.3 Å². The van der Waals surface area contributed by atoms with Gasteiger partial charge in [0.2, 0.25) is 0 Å². The van der Waals surface area contributed by atoms with Crippen LogP contribution in [0.15, 0.2) is 29.3 Å². The van der Waals surface area contributed by atoms with E-state index in [1.165, 1.54) is 0 Å². The van der Waals surface area contributed by atoms with Gasteiger partial charge in [0.25, 0.3) is 11.6 Å². The molecule has 0 aromatic carbocycles. The smallest absolute Gasteiger partial charge is 0.258 e. The van der Waals surface area contributed by atoms with Gasteiger partial charge < -0.3 is 19.5 Å². The van der Waals surface area contributed by atoms with Gasteiger partial charge in [0.1, 0.15) is 0 Å². The Kier molecular flexibility index (Phi) is 4.20. The molecule has 0 bridgehead atoms. The monoisotopic (exact) mass is 355 g/mol. The first-order valence-electron chi connectivity index (χ1n) is 8.74. The van der Waals surface area contributed by atoms with Gasteiger partial charge in [-0.25, -0.2) is 9.97 Å². The molecule has 1 aliphatic rings. The van der Waals surface area contributed by atoms with Crippen molar-refractivity contribution in [3.63, 3.8) is 0 Å². The molecule has 4 rings (SSSR count). The average molecular weight is 355 g/mol. The number of aryl methyl sites for hydroxylation is 2. The van der Waals surface area contributed by atoms with E-state index in [0.29, 0.717) is 28.1 Å². The zero-order valence-corrected chi connectivity index (χ0v) is 14.7. The van der Waals surface area contributed by atoms with Gasteiger partial charge in [0, 0.05) is 18.1 Å². The predicted octanol–water partition coefficient (Wildman–Crippen LogP) is 1.92. The average Bonchev–Trinajstić information content (AvgIpc) is 3.26. The molecule has 3 aromatic heterocycles. The fourth-order valence-electron chi connectivity index (χ4n) is 3.75. The van der Waals surface area contributed by atoms with Crippen molar-refractivity contribution in [2.75, 3.05) is 0 Å². The number of nitrogens with one attached hydrogen (secondary N) is 1. The molecule has 0 radical (unpaired) electrons. The third-order valence-corrected chi connectivity index (χ3v) is 5.04. The molecule has 2 N–H and O–H groups in total. The highest BCUT2D eigenvalue weighted by atomic mass is 16.5. The Labute approximate surface area is 150 Å². The highest BCUT2D eigenvalue weighted by molar-refractivity contribution is 6.06. The van der Waals surface area contributed by atoms with Crippen molar-refractivity contribution in [3.05, 3.63) is 41.7 Å². The standard InChI is InChI=1S/C18H21N5O3/c1-10-8-12(15-11(2)22-26-18(15)20-10)17(25)21-13-4-3-5-14(16(13)24)23-7-6-19-9-23/h6-9,13-14,16,24H,3-5H2,1-2H3,(H,21,25)/t13-,14-,16-/m1/s1. The number of imidazole rings is 1. The summed E-state index contributed by atoms with van der Waals surface area (Å²) < 4.78 is 7.10. The number of hydrogen-bond donors (Lipinski definition) is 2. The molecule has 8 nitrogen and oxygen atoms in total. The van der Waals surface area contributed by atoms with Crippen LogP contribution in [0.4, 0.5) is 0 Å². The fourth-order valence-corrected chi connectivity index (χ4v) is 3.75. The van der Waals surface area contributed by atoms with Crippen LogP contribution in [-0.2, 0) is 0 Å². The number of aromatic nitrogens is 4. The number of fused-ring (bicyclic) bond motifs is 1. The number of hydrogen-bond acceptors (Lipinski definition) is 6. The van der Waals surface area contributed by atoms with E-state index in [1.807, 2.05) is 10.8 Å². The van der Waals surface area contributed by atoms with Crippen LogP contribution in [0, 0.1) is 13.8 Å². The molecule has 136 valence electrons. The van der Waals surface area contributed by atoms with Crippen molar-refractivity contribution in [3.8, 4) is 0 Å². The molecule has 3 heterocycles. The van der Waals surface area contributed by atoms with Crippen LogP contribution in [0.5, 0.6) is 0 Å². The van der Waals surface area contributed by atoms with Crippen LogP contribution in [-0.4, -0.2) is 42.9 Å². The molecule has 3 atom stereocenters. The van der Waals surface area contributed by atoms with Gasteiger partial charge in [-0.05, 0) is 39.2 Å². The van der Waals surface area contributed by atoms with Gasteiger partial charge in [-0.2, -0.15) is 0 Å². The zero-order valence-electron chi connectivity index (χ0n) is 14.7. The largest absolute Gasteiger partial charge is 0.389 e. The Bertz CT molecular complexity index is 934. The van der Waals surface area contributed by atoms with Crippen LogP contribution < -0.4 is 5.32 Å². The molecule has 26 heavy (non-hydrogen) atoms. The quantitative estimate of drug-likeness (QED) is 0.743. The third kappa shape index (κ3) is 2.86. The van der Waals surface area contributed by atoms with Gasteiger partial charge in [-0.15, -0.1) is 0 Å². The molecule has 0 spiro atoms. The molecule has 1 amide bonds. The second-order valence-corrected chi connectivity index (χ2v) is 6.84. The second-order valence-electron chi connectivity index (χ2n) is 6.84. The summed E-state index contributed by atoms with van der Waals surface area (Å²) in [7, 11) is 0. The van der Waals surface area contributed by atoms with E-state index in [-0.39, 0.29) is 18.0 Å². The minimum absolute atomic E-state index is 0.0897. The number of rotatable bonds is 3. The Balaban J connectivity index is 1.59. The van der Waals surface area contributed by atoms with E-state index in [4.69, 9.17) is 4.52 Å². The minimum atomic E-state index is -0.677. The second kappa shape index (κ2) is 6.53. The van der Waals surface area contributed by atoms with Crippen molar-refractivity contribution in [1.82, 2.24) is 25.0 Å². The first-order valence-corrected chi connectivity index (χ1v) is 8.74. The van der Waals surface area contributed by atoms with Crippen molar-refractivity contribution in [1.29, 1.82) is 0 Å². The summed E-state index contributed by atoms with van der Waals surface area (Å²) in [4.78, 5) is 21.3. The number of nitrogens with zero attached hydrogens (tertiary/aromatic N) is 4. The molecular weight excluding hydrogens is 334 g/mol. The number of aliphatic hydroxyl groups is 1. The Morgan fingerprint density at radius 3 is 3.00 bits per heavy atom. The van der Waals surface area contributed by atoms with Crippen molar-refractivity contribution >= 4 is 17.0 Å². The maximum atomic E-state index is 12.9. The van der Waals surface area contributed by atoms with Gasteiger partial charge >= 0.3 is 0 Å².